The molecule has 2 aromatic carbocycles. The minimum Gasteiger partial charge on any atom is -0.493 e. The highest BCUT2D eigenvalue weighted by molar-refractivity contribution is 7.89. The fourth-order valence-electron chi connectivity index (χ4n) is 4.39. The molecule has 0 aliphatic heterocycles. The van der Waals surface area contributed by atoms with Crippen LogP contribution in [0.5, 0.6) is 17.4 Å². The van der Waals surface area contributed by atoms with Crippen LogP contribution >= 0.6 is 0 Å². The molecule has 0 fully saturated rings. The molecule has 0 unspecified atom stereocenters. The topological polar surface area (TPSA) is 127 Å². The van der Waals surface area contributed by atoms with Gasteiger partial charge in [0.05, 0.1) is 46.1 Å². The molecule has 41 heavy (non-hydrogen) atoms. The van der Waals surface area contributed by atoms with E-state index in [0.29, 0.717) is 29.4 Å². The van der Waals surface area contributed by atoms with Gasteiger partial charge >= 0.3 is 0 Å². The van der Waals surface area contributed by atoms with Gasteiger partial charge in [0.1, 0.15) is 4.90 Å². The second-order valence-electron chi connectivity index (χ2n) is 10.0. The molecular formula is C30H39N3O7S. The average molecular weight is 586 g/mol. The van der Waals surface area contributed by atoms with Gasteiger partial charge in [-0.2, -0.15) is 4.31 Å². The number of carbonyl (C=O) groups is 1. The Bertz CT molecular complexity index is 1370. The maximum Gasteiger partial charge on any atom is 0.244 e. The number of methoxy groups -OCH3 is 3. The lowest BCUT2D eigenvalue weighted by atomic mass is 10.00. The first-order valence-electron chi connectivity index (χ1n) is 13.3. The first-order valence-corrected chi connectivity index (χ1v) is 14.7. The summed E-state index contributed by atoms with van der Waals surface area (Å²) in [4.78, 5) is 17.2. The second kappa shape index (κ2) is 14.8. The number of aromatic nitrogens is 1. The zero-order valence-corrected chi connectivity index (χ0v) is 24.9. The quantitative estimate of drug-likeness (QED) is 0.279. The largest absolute Gasteiger partial charge is 0.493 e. The van der Waals surface area contributed by atoms with Crippen molar-refractivity contribution in [1.29, 1.82) is 0 Å². The minimum atomic E-state index is -4.00. The fourth-order valence-corrected chi connectivity index (χ4v) is 5.96. The number of sulfonamides is 1. The van der Waals surface area contributed by atoms with Crippen LogP contribution < -0.4 is 19.5 Å². The standard InChI is InChI=1S/C30H39N3O7S/c1-21(2)19-33(41(36,37)24-12-14-30(40-5)31-18-24)20-26(34)25(15-22-9-7-6-8-10-22)32-29(35)17-23-11-13-27(38-3)28(16-23)39-4/h6-14,16,18,21,25-26,34H,15,17,19-20H2,1-5H3,(H,32,35)/t25-,26+/m0/s1. The van der Waals surface area contributed by atoms with Gasteiger partial charge in [-0.1, -0.05) is 50.2 Å². The number of aliphatic hydroxyl groups excluding tert-OH is 1. The van der Waals surface area contributed by atoms with Gasteiger partial charge in [-0.15, -0.1) is 0 Å². The van der Waals surface area contributed by atoms with Crippen LogP contribution in [0.3, 0.4) is 0 Å². The van der Waals surface area contributed by atoms with Crippen LogP contribution in [-0.4, -0.2) is 75.3 Å². The summed E-state index contributed by atoms with van der Waals surface area (Å²) < 4.78 is 44.1. The maximum atomic E-state index is 13.6. The molecule has 11 heteroatoms. The molecule has 1 aromatic heterocycles. The van der Waals surface area contributed by atoms with Crippen LogP contribution in [0, 0.1) is 5.92 Å². The molecule has 0 spiro atoms. The third-order valence-electron chi connectivity index (χ3n) is 6.44. The molecule has 0 bridgehead atoms. The maximum absolute atomic E-state index is 13.6. The number of hydrogen-bond acceptors (Lipinski definition) is 8. The molecule has 2 atom stereocenters. The first-order chi connectivity index (χ1) is 19.6. The van der Waals surface area contributed by atoms with Gasteiger partial charge in [0, 0.05) is 19.2 Å². The summed E-state index contributed by atoms with van der Waals surface area (Å²) in [5, 5.41) is 14.4. The van der Waals surface area contributed by atoms with Crippen LogP contribution in [0.4, 0.5) is 0 Å². The summed E-state index contributed by atoms with van der Waals surface area (Å²) in [6, 6.07) is 16.8. The number of rotatable bonds is 15. The molecule has 3 aromatic rings. The molecule has 0 saturated heterocycles. The van der Waals surface area contributed by atoms with E-state index >= 15 is 0 Å². The molecule has 0 radical (unpaired) electrons. The number of ether oxygens (including phenoxy) is 3. The second-order valence-corrected chi connectivity index (χ2v) is 12.0. The average Bonchev–Trinajstić information content (AvgIpc) is 2.96. The Kier molecular flexibility index (Phi) is 11.5. The molecule has 3 rings (SSSR count). The summed E-state index contributed by atoms with van der Waals surface area (Å²) in [6.45, 7) is 3.74. The Morgan fingerprint density at radius 1 is 0.927 bits per heavy atom. The molecule has 10 nitrogen and oxygen atoms in total. The van der Waals surface area contributed by atoms with Crippen molar-refractivity contribution in [1.82, 2.24) is 14.6 Å². The van der Waals surface area contributed by atoms with Crippen molar-refractivity contribution in [3.63, 3.8) is 0 Å². The highest BCUT2D eigenvalue weighted by Gasteiger charge is 2.31. The van der Waals surface area contributed by atoms with E-state index in [0.717, 1.165) is 5.56 Å². The first kappa shape index (κ1) is 31.9. The number of amides is 1. The number of nitrogens with zero attached hydrogens (tertiary/aromatic N) is 2. The van der Waals surface area contributed by atoms with Crippen molar-refractivity contribution in [2.24, 2.45) is 5.92 Å². The zero-order valence-electron chi connectivity index (χ0n) is 24.1. The van der Waals surface area contributed by atoms with Gasteiger partial charge in [0.25, 0.3) is 0 Å². The Morgan fingerprint density at radius 2 is 1.63 bits per heavy atom. The van der Waals surface area contributed by atoms with E-state index in [4.69, 9.17) is 14.2 Å². The van der Waals surface area contributed by atoms with E-state index in [1.165, 1.54) is 44.0 Å². The minimum absolute atomic E-state index is 0.0109. The number of nitrogens with one attached hydrogen (secondary N) is 1. The molecule has 0 aliphatic carbocycles. The normalized spacial score (nSPS) is 13.1. The Balaban J connectivity index is 1.84. The smallest absolute Gasteiger partial charge is 0.244 e. The van der Waals surface area contributed by atoms with Gasteiger partial charge in [0.2, 0.25) is 21.8 Å². The van der Waals surface area contributed by atoms with Crippen molar-refractivity contribution in [3.05, 3.63) is 78.0 Å². The van der Waals surface area contributed by atoms with Gasteiger partial charge in [0.15, 0.2) is 11.5 Å². The fraction of sp³-hybridized carbons (Fsp3) is 0.400. The van der Waals surface area contributed by atoms with Crippen molar-refractivity contribution in [2.45, 2.75) is 43.7 Å². The van der Waals surface area contributed by atoms with Gasteiger partial charge in [-0.05, 0) is 41.7 Å². The van der Waals surface area contributed by atoms with E-state index in [1.54, 1.807) is 18.2 Å². The SMILES string of the molecule is COc1ccc(S(=O)(=O)N(CC(C)C)C[C@@H](O)[C@H](Cc2ccccc2)NC(=O)Cc2ccc(OC)c(OC)c2)cn1. The van der Waals surface area contributed by atoms with Gasteiger partial charge < -0.3 is 24.6 Å². The molecule has 0 saturated carbocycles. The summed E-state index contributed by atoms with van der Waals surface area (Å²) in [7, 11) is 0.508. The van der Waals surface area contributed by atoms with Crippen molar-refractivity contribution in [3.8, 4) is 17.4 Å². The van der Waals surface area contributed by atoms with Crippen LogP contribution in [0.15, 0.2) is 71.8 Å². The lowest BCUT2D eigenvalue weighted by Gasteiger charge is -2.30. The van der Waals surface area contributed by atoms with Crippen molar-refractivity contribution >= 4 is 15.9 Å². The van der Waals surface area contributed by atoms with E-state index in [-0.39, 0.29) is 36.2 Å². The van der Waals surface area contributed by atoms with E-state index in [9.17, 15) is 18.3 Å². The molecule has 0 aliphatic rings. The molecule has 1 heterocycles. The van der Waals surface area contributed by atoms with Crippen molar-refractivity contribution in [2.75, 3.05) is 34.4 Å². The Hall–Kier alpha value is -3.67. The van der Waals surface area contributed by atoms with E-state index in [2.05, 4.69) is 10.3 Å². The highest BCUT2D eigenvalue weighted by Crippen LogP contribution is 2.28. The third kappa shape index (κ3) is 8.91. The van der Waals surface area contributed by atoms with E-state index in [1.807, 2.05) is 44.2 Å². The predicted molar refractivity (Wildman–Crippen MR) is 156 cm³/mol. The van der Waals surface area contributed by atoms with Gasteiger partial charge in [-0.25, -0.2) is 13.4 Å². The number of hydrogen-bond donors (Lipinski definition) is 2. The number of benzene rings is 2. The number of aliphatic hydroxyl groups is 1. The highest BCUT2D eigenvalue weighted by atomic mass is 32.2. The Labute approximate surface area is 242 Å². The number of pyridine rings is 1. The monoisotopic (exact) mass is 585 g/mol. The molecule has 222 valence electrons. The summed E-state index contributed by atoms with van der Waals surface area (Å²) >= 11 is 0. The van der Waals surface area contributed by atoms with Crippen LogP contribution in [0.2, 0.25) is 0 Å². The predicted octanol–water partition coefficient (Wildman–Crippen LogP) is 3.09. The lowest BCUT2D eigenvalue weighted by molar-refractivity contribution is -0.122. The van der Waals surface area contributed by atoms with Crippen LogP contribution in [-0.2, 0) is 27.7 Å². The molecular weight excluding hydrogens is 546 g/mol. The molecule has 1 amide bonds. The lowest BCUT2D eigenvalue weighted by Crippen LogP contribution is -2.51. The zero-order chi connectivity index (χ0) is 30.0. The summed E-state index contributed by atoms with van der Waals surface area (Å²) in [5.74, 6) is 0.999. The molecule has 2 N–H and O–H groups in total. The number of carbonyl (C=O) groups excluding carboxylic acids is 1. The van der Waals surface area contributed by atoms with E-state index < -0.39 is 22.2 Å². The summed E-state index contributed by atoms with van der Waals surface area (Å²) in [5.41, 5.74) is 1.59. The third-order valence-corrected chi connectivity index (χ3v) is 8.25. The van der Waals surface area contributed by atoms with Crippen LogP contribution in [0.25, 0.3) is 0 Å². The van der Waals surface area contributed by atoms with Crippen LogP contribution in [0.1, 0.15) is 25.0 Å². The van der Waals surface area contributed by atoms with Crippen molar-refractivity contribution < 1.29 is 32.5 Å². The van der Waals surface area contributed by atoms with Gasteiger partial charge in [-0.3, -0.25) is 4.79 Å². The Morgan fingerprint density at radius 3 is 2.22 bits per heavy atom. The summed E-state index contributed by atoms with van der Waals surface area (Å²) in [6.07, 6.45) is 0.369.